The summed E-state index contributed by atoms with van der Waals surface area (Å²) < 4.78 is 35.9. The van der Waals surface area contributed by atoms with Gasteiger partial charge in [-0.15, -0.1) is 0 Å². The molecule has 2 aromatic rings. The van der Waals surface area contributed by atoms with E-state index < -0.39 is 24.3 Å². The molecular weight excluding hydrogens is 448 g/mol. The molecule has 1 saturated heterocycles. The fourth-order valence-electron chi connectivity index (χ4n) is 3.32. The molecule has 2 atom stereocenters. The van der Waals surface area contributed by atoms with Crippen molar-refractivity contribution in [2.24, 2.45) is 5.92 Å². The van der Waals surface area contributed by atoms with E-state index in [2.05, 4.69) is 30.6 Å². The summed E-state index contributed by atoms with van der Waals surface area (Å²) in [5.74, 6) is 0.357. The molecule has 0 bridgehead atoms. The summed E-state index contributed by atoms with van der Waals surface area (Å²) in [6.07, 6.45) is 1.66. The average molecular weight is 472 g/mol. The van der Waals surface area contributed by atoms with Gasteiger partial charge in [0.05, 0.1) is 24.5 Å². The van der Waals surface area contributed by atoms with Crippen LogP contribution in [0.3, 0.4) is 0 Å². The Bertz CT molecular complexity index is 836. The van der Waals surface area contributed by atoms with Crippen LogP contribution in [-0.2, 0) is 9.47 Å². The quantitative estimate of drug-likeness (QED) is 0.635. The number of H-pyrrole nitrogens is 1. The maximum atomic E-state index is 12.7. The first kappa shape index (κ1) is 21.7. The van der Waals surface area contributed by atoms with Gasteiger partial charge in [-0.1, -0.05) is 28.1 Å². The number of amides is 1. The molecule has 1 aliphatic rings. The highest BCUT2D eigenvalue weighted by atomic mass is 79.9. The van der Waals surface area contributed by atoms with E-state index in [9.17, 15) is 13.6 Å². The van der Waals surface area contributed by atoms with Gasteiger partial charge in [0.15, 0.2) is 0 Å². The zero-order valence-corrected chi connectivity index (χ0v) is 18.1. The van der Waals surface area contributed by atoms with Crippen LogP contribution in [0.5, 0.6) is 0 Å². The van der Waals surface area contributed by atoms with Gasteiger partial charge in [0.25, 0.3) is 0 Å². The van der Waals surface area contributed by atoms with Gasteiger partial charge in [0.2, 0.25) is 0 Å². The normalized spacial score (nSPS) is 19.8. The summed E-state index contributed by atoms with van der Waals surface area (Å²) in [5, 5.41) is 0. The Morgan fingerprint density at radius 3 is 2.66 bits per heavy atom. The van der Waals surface area contributed by atoms with Crippen molar-refractivity contribution < 1.29 is 23.0 Å². The Balaban J connectivity index is 1.81. The number of imidazole rings is 1. The molecule has 158 valence electrons. The predicted molar refractivity (Wildman–Crippen MR) is 107 cm³/mol. The number of hydrogen-bond acceptors (Lipinski definition) is 4. The molecular formula is C20H24BrF2N3O3. The maximum absolute atomic E-state index is 12.7. The first-order valence-corrected chi connectivity index (χ1v) is 10.1. The first-order valence-electron chi connectivity index (χ1n) is 9.32. The number of carbonyl (C=O) groups is 1. The number of aromatic nitrogens is 2. The number of halogens is 3. The second-order valence-corrected chi connectivity index (χ2v) is 8.95. The molecule has 29 heavy (non-hydrogen) atoms. The zero-order valence-electron chi connectivity index (χ0n) is 16.5. The van der Waals surface area contributed by atoms with Crippen molar-refractivity contribution in [2.45, 2.75) is 45.4 Å². The lowest BCUT2D eigenvalue weighted by Crippen LogP contribution is -2.37. The topological polar surface area (TPSA) is 67.4 Å². The van der Waals surface area contributed by atoms with E-state index in [1.54, 1.807) is 27.0 Å². The van der Waals surface area contributed by atoms with Gasteiger partial charge in [-0.25, -0.2) is 9.78 Å². The van der Waals surface area contributed by atoms with Crippen molar-refractivity contribution in [3.8, 4) is 11.3 Å². The third-order valence-electron chi connectivity index (χ3n) is 4.54. The SMILES string of the molecule is CC(C)(C)OC(=O)N1CC(COC(F)F)CC1c1ncc(-c2ccc(Br)cc2)[nH]1. The molecule has 6 nitrogen and oxygen atoms in total. The van der Waals surface area contributed by atoms with Crippen LogP contribution in [0.1, 0.15) is 39.1 Å². The molecule has 3 rings (SSSR count). The standard InChI is InChI=1S/C20H24BrF2N3O3/c1-20(2,3)29-19(27)26-10-12(11-28-18(22)23)8-16(26)17-24-9-15(25-17)13-4-6-14(21)7-5-13/h4-7,9,12,16,18H,8,10-11H2,1-3H3,(H,24,25). The third kappa shape index (κ3) is 5.76. The van der Waals surface area contributed by atoms with Gasteiger partial charge in [-0.2, -0.15) is 8.78 Å². The molecule has 1 aromatic carbocycles. The van der Waals surface area contributed by atoms with Crippen LogP contribution in [0.25, 0.3) is 11.3 Å². The van der Waals surface area contributed by atoms with Crippen LogP contribution in [0.15, 0.2) is 34.9 Å². The maximum Gasteiger partial charge on any atom is 0.410 e. The number of nitrogens with zero attached hydrogens (tertiary/aromatic N) is 2. The number of aromatic amines is 1. The van der Waals surface area contributed by atoms with Gasteiger partial charge >= 0.3 is 12.7 Å². The van der Waals surface area contributed by atoms with Crippen LogP contribution in [0, 0.1) is 5.92 Å². The smallest absolute Gasteiger partial charge is 0.410 e. The largest absolute Gasteiger partial charge is 0.444 e. The van der Waals surface area contributed by atoms with E-state index >= 15 is 0 Å². The van der Waals surface area contributed by atoms with Gasteiger partial charge in [-0.05, 0) is 44.9 Å². The zero-order chi connectivity index (χ0) is 21.2. The number of carbonyl (C=O) groups excluding carboxylic acids is 1. The highest BCUT2D eigenvalue weighted by Gasteiger charge is 2.40. The monoisotopic (exact) mass is 471 g/mol. The van der Waals surface area contributed by atoms with Crippen molar-refractivity contribution in [3.05, 3.63) is 40.8 Å². The van der Waals surface area contributed by atoms with Crippen LogP contribution in [0.2, 0.25) is 0 Å². The number of ether oxygens (including phenoxy) is 2. The number of rotatable bonds is 5. The molecule has 2 unspecified atom stereocenters. The molecule has 0 saturated carbocycles. The highest BCUT2D eigenvalue weighted by molar-refractivity contribution is 9.10. The second kappa shape index (κ2) is 8.79. The minimum Gasteiger partial charge on any atom is -0.444 e. The molecule has 0 spiro atoms. The summed E-state index contributed by atoms with van der Waals surface area (Å²) in [6.45, 7) is 2.65. The van der Waals surface area contributed by atoms with Crippen LogP contribution in [-0.4, -0.2) is 46.3 Å². The average Bonchev–Trinajstić information content (AvgIpc) is 3.26. The number of nitrogens with one attached hydrogen (secondary N) is 1. The summed E-state index contributed by atoms with van der Waals surface area (Å²) in [6, 6.07) is 7.34. The molecule has 1 fully saturated rings. The molecule has 0 radical (unpaired) electrons. The van der Waals surface area contributed by atoms with Crippen molar-refractivity contribution >= 4 is 22.0 Å². The summed E-state index contributed by atoms with van der Waals surface area (Å²) >= 11 is 3.41. The van der Waals surface area contributed by atoms with E-state index in [1.807, 2.05) is 24.3 Å². The Kier molecular flexibility index (Phi) is 6.58. The lowest BCUT2D eigenvalue weighted by molar-refractivity contribution is -0.137. The van der Waals surface area contributed by atoms with Crippen molar-refractivity contribution in [2.75, 3.05) is 13.2 Å². The lowest BCUT2D eigenvalue weighted by Gasteiger charge is -2.27. The number of hydrogen-bond donors (Lipinski definition) is 1. The predicted octanol–water partition coefficient (Wildman–Crippen LogP) is 5.38. The molecule has 9 heteroatoms. The summed E-state index contributed by atoms with van der Waals surface area (Å²) in [5.41, 5.74) is 1.10. The van der Waals surface area contributed by atoms with Crippen molar-refractivity contribution in [1.29, 1.82) is 0 Å². The third-order valence-corrected chi connectivity index (χ3v) is 5.07. The van der Waals surface area contributed by atoms with E-state index in [0.29, 0.717) is 12.2 Å². The minimum atomic E-state index is -2.84. The summed E-state index contributed by atoms with van der Waals surface area (Å²) in [4.78, 5) is 22.0. The molecule has 1 aromatic heterocycles. The van der Waals surface area contributed by atoms with E-state index in [0.717, 1.165) is 15.7 Å². The van der Waals surface area contributed by atoms with Crippen LogP contribution in [0.4, 0.5) is 13.6 Å². The van der Waals surface area contributed by atoms with E-state index in [4.69, 9.17) is 4.74 Å². The first-order chi connectivity index (χ1) is 13.6. The van der Waals surface area contributed by atoms with Gasteiger partial charge in [-0.3, -0.25) is 4.90 Å². The Hall–Kier alpha value is -2.00. The fraction of sp³-hybridized carbons (Fsp3) is 0.500. The number of alkyl halides is 2. The molecule has 0 aliphatic carbocycles. The van der Waals surface area contributed by atoms with Crippen molar-refractivity contribution in [3.63, 3.8) is 0 Å². The van der Waals surface area contributed by atoms with E-state index in [1.165, 1.54) is 4.90 Å². The molecule has 1 amide bonds. The molecule has 2 heterocycles. The highest BCUT2D eigenvalue weighted by Crippen LogP contribution is 2.36. The Morgan fingerprint density at radius 2 is 2.03 bits per heavy atom. The lowest BCUT2D eigenvalue weighted by atomic mass is 10.1. The van der Waals surface area contributed by atoms with Crippen LogP contribution < -0.4 is 0 Å². The number of likely N-dealkylation sites (tertiary alicyclic amines) is 1. The Labute approximate surface area is 176 Å². The van der Waals surface area contributed by atoms with Gasteiger partial charge < -0.3 is 14.5 Å². The summed E-state index contributed by atoms with van der Waals surface area (Å²) in [7, 11) is 0. The van der Waals surface area contributed by atoms with Crippen LogP contribution >= 0.6 is 15.9 Å². The molecule has 1 N–H and O–H groups in total. The second-order valence-electron chi connectivity index (χ2n) is 8.03. The Morgan fingerprint density at radius 1 is 1.34 bits per heavy atom. The molecule has 1 aliphatic heterocycles. The number of benzene rings is 1. The fourth-order valence-corrected chi connectivity index (χ4v) is 3.58. The van der Waals surface area contributed by atoms with E-state index in [-0.39, 0.29) is 19.1 Å². The van der Waals surface area contributed by atoms with Crippen molar-refractivity contribution in [1.82, 2.24) is 14.9 Å². The minimum absolute atomic E-state index is 0.131. The van der Waals surface area contributed by atoms with Gasteiger partial charge in [0, 0.05) is 16.9 Å². The van der Waals surface area contributed by atoms with Gasteiger partial charge in [0.1, 0.15) is 11.4 Å².